The van der Waals surface area contributed by atoms with Crippen molar-refractivity contribution in [3.8, 4) is 0 Å². The zero-order chi connectivity index (χ0) is 16.5. The Hall–Kier alpha value is -1.92. The number of fused-ring (bicyclic) bond motifs is 1. The Labute approximate surface area is 146 Å². The van der Waals surface area contributed by atoms with Crippen LogP contribution in [-0.2, 0) is 11.2 Å². The summed E-state index contributed by atoms with van der Waals surface area (Å²) in [6, 6.07) is 8.52. The lowest BCUT2D eigenvalue weighted by molar-refractivity contribution is -0.120. The van der Waals surface area contributed by atoms with Crippen LogP contribution in [0, 0.1) is 0 Å². The van der Waals surface area contributed by atoms with E-state index in [4.69, 9.17) is 0 Å². The smallest absolute Gasteiger partial charge is 0.241 e. The molecule has 0 N–H and O–H groups in total. The van der Waals surface area contributed by atoms with Crippen LogP contribution in [0.2, 0.25) is 0 Å². The standard InChI is InChI=1S/C18H22N4OS/c1-14-12-15-4-2-3-5-16(15)22(14)17(23)13-20-7-9-21(10-8-20)18-19-6-11-24-18/h2-6,11,14H,7-10,12-13H2,1H3. The molecule has 4 rings (SSSR count). The molecule has 0 aliphatic carbocycles. The van der Waals surface area contributed by atoms with E-state index >= 15 is 0 Å². The van der Waals surface area contributed by atoms with E-state index in [-0.39, 0.29) is 11.9 Å². The van der Waals surface area contributed by atoms with Gasteiger partial charge in [0.2, 0.25) is 5.91 Å². The normalized spacial score (nSPS) is 21.1. The van der Waals surface area contributed by atoms with Crippen molar-refractivity contribution in [3.05, 3.63) is 41.4 Å². The highest BCUT2D eigenvalue weighted by Crippen LogP contribution is 2.32. The molecule has 1 fully saturated rings. The van der Waals surface area contributed by atoms with E-state index in [1.807, 2.05) is 22.5 Å². The average molecular weight is 342 g/mol. The van der Waals surface area contributed by atoms with Crippen LogP contribution >= 0.6 is 11.3 Å². The predicted octanol–water partition coefficient (Wildman–Crippen LogP) is 2.24. The van der Waals surface area contributed by atoms with Gasteiger partial charge < -0.3 is 9.80 Å². The maximum Gasteiger partial charge on any atom is 0.241 e. The molecule has 5 nitrogen and oxygen atoms in total. The fourth-order valence-corrected chi connectivity index (χ4v) is 4.38. The van der Waals surface area contributed by atoms with E-state index in [9.17, 15) is 4.79 Å². The molecule has 1 aromatic carbocycles. The number of aromatic nitrogens is 1. The van der Waals surface area contributed by atoms with E-state index in [2.05, 4.69) is 39.9 Å². The lowest BCUT2D eigenvalue weighted by Crippen LogP contribution is -2.51. The zero-order valence-corrected chi connectivity index (χ0v) is 14.7. The second-order valence-electron chi connectivity index (χ2n) is 6.52. The maximum atomic E-state index is 12.9. The molecule has 2 aliphatic rings. The summed E-state index contributed by atoms with van der Waals surface area (Å²) in [6.07, 6.45) is 2.81. The van der Waals surface area contributed by atoms with Gasteiger partial charge in [0.25, 0.3) is 0 Å². The Bertz CT molecular complexity index is 710. The summed E-state index contributed by atoms with van der Waals surface area (Å²) >= 11 is 1.68. The van der Waals surface area contributed by atoms with Crippen molar-refractivity contribution < 1.29 is 4.79 Å². The first-order chi connectivity index (χ1) is 11.7. The summed E-state index contributed by atoms with van der Waals surface area (Å²) in [5.74, 6) is 0.218. The summed E-state index contributed by atoms with van der Waals surface area (Å²) in [4.78, 5) is 23.8. The highest BCUT2D eigenvalue weighted by Gasteiger charge is 2.31. The number of hydrogen-bond acceptors (Lipinski definition) is 5. The van der Waals surface area contributed by atoms with E-state index in [0.29, 0.717) is 6.54 Å². The van der Waals surface area contributed by atoms with Crippen molar-refractivity contribution in [1.82, 2.24) is 9.88 Å². The molecular weight excluding hydrogens is 320 g/mol. The predicted molar refractivity (Wildman–Crippen MR) is 97.9 cm³/mol. The molecule has 1 amide bonds. The van der Waals surface area contributed by atoms with Crippen LogP contribution in [0.5, 0.6) is 0 Å². The van der Waals surface area contributed by atoms with Crippen molar-refractivity contribution in [2.45, 2.75) is 19.4 Å². The molecule has 126 valence electrons. The monoisotopic (exact) mass is 342 g/mol. The third-order valence-electron chi connectivity index (χ3n) is 4.90. The van der Waals surface area contributed by atoms with Gasteiger partial charge in [-0.2, -0.15) is 0 Å². The van der Waals surface area contributed by atoms with E-state index < -0.39 is 0 Å². The number of para-hydroxylation sites is 1. The van der Waals surface area contributed by atoms with Crippen molar-refractivity contribution in [1.29, 1.82) is 0 Å². The third kappa shape index (κ3) is 2.91. The quantitative estimate of drug-likeness (QED) is 0.858. The van der Waals surface area contributed by atoms with Crippen LogP contribution in [0.15, 0.2) is 35.8 Å². The minimum Gasteiger partial charge on any atom is -0.346 e. The number of benzene rings is 1. The Morgan fingerprint density at radius 3 is 2.79 bits per heavy atom. The van der Waals surface area contributed by atoms with Gasteiger partial charge in [-0.25, -0.2) is 4.98 Å². The molecule has 1 unspecified atom stereocenters. The molecule has 0 saturated carbocycles. The molecule has 0 radical (unpaired) electrons. The first kappa shape index (κ1) is 15.6. The Kier molecular flexibility index (Phi) is 4.24. The number of anilines is 2. The van der Waals surface area contributed by atoms with E-state index in [1.165, 1.54) is 5.56 Å². The topological polar surface area (TPSA) is 39.7 Å². The Morgan fingerprint density at radius 2 is 2.04 bits per heavy atom. The van der Waals surface area contributed by atoms with E-state index in [0.717, 1.165) is 43.4 Å². The minimum atomic E-state index is 0.218. The molecule has 2 aliphatic heterocycles. The Morgan fingerprint density at radius 1 is 1.25 bits per heavy atom. The number of piperazine rings is 1. The fraction of sp³-hybridized carbons (Fsp3) is 0.444. The molecular formula is C18H22N4OS. The molecule has 0 spiro atoms. The average Bonchev–Trinajstić information content (AvgIpc) is 3.22. The molecule has 1 atom stereocenters. The number of thiazole rings is 1. The summed E-state index contributed by atoms with van der Waals surface area (Å²) in [5.41, 5.74) is 2.38. The van der Waals surface area contributed by atoms with Crippen LogP contribution in [0.3, 0.4) is 0 Å². The second kappa shape index (κ2) is 6.53. The summed E-state index contributed by atoms with van der Waals surface area (Å²) in [5, 5.41) is 3.10. The van der Waals surface area contributed by atoms with Crippen LogP contribution < -0.4 is 9.80 Å². The summed E-state index contributed by atoms with van der Waals surface area (Å²) in [7, 11) is 0. The highest BCUT2D eigenvalue weighted by molar-refractivity contribution is 7.13. The molecule has 0 bridgehead atoms. The maximum absolute atomic E-state index is 12.9. The van der Waals surface area contributed by atoms with Crippen molar-refractivity contribution >= 4 is 28.1 Å². The number of carbonyl (C=O) groups is 1. The third-order valence-corrected chi connectivity index (χ3v) is 5.73. The van der Waals surface area contributed by atoms with Crippen LogP contribution in [0.4, 0.5) is 10.8 Å². The molecule has 1 saturated heterocycles. The molecule has 2 aromatic rings. The van der Waals surface area contributed by atoms with Gasteiger partial charge in [-0.3, -0.25) is 9.69 Å². The van der Waals surface area contributed by atoms with Gasteiger partial charge in [-0.05, 0) is 25.0 Å². The molecule has 3 heterocycles. The van der Waals surface area contributed by atoms with Gasteiger partial charge in [0.15, 0.2) is 5.13 Å². The van der Waals surface area contributed by atoms with Gasteiger partial charge in [-0.15, -0.1) is 11.3 Å². The van der Waals surface area contributed by atoms with Gasteiger partial charge in [0.05, 0.1) is 6.54 Å². The van der Waals surface area contributed by atoms with Gasteiger partial charge >= 0.3 is 0 Å². The zero-order valence-electron chi connectivity index (χ0n) is 13.9. The lowest BCUT2D eigenvalue weighted by atomic mass is 10.1. The molecule has 24 heavy (non-hydrogen) atoms. The van der Waals surface area contributed by atoms with Crippen LogP contribution in [-0.4, -0.2) is 54.6 Å². The Balaban J connectivity index is 1.37. The minimum absolute atomic E-state index is 0.218. The number of carbonyl (C=O) groups excluding carboxylic acids is 1. The summed E-state index contributed by atoms with van der Waals surface area (Å²) in [6.45, 7) is 6.34. The van der Waals surface area contributed by atoms with Crippen LogP contribution in [0.25, 0.3) is 0 Å². The van der Waals surface area contributed by atoms with Gasteiger partial charge in [0, 0.05) is 49.5 Å². The second-order valence-corrected chi connectivity index (χ2v) is 7.40. The summed E-state index contributed by atoms with van der Waals surface area (Å²) < 4.78 is 0. The highest BCUT2D eigenvalue weighted by atomic mass is 32.1. The van der Waals surface area contributed by atoms with Crippen molar-refractivity contribution in [2.24, 2.45) is 0 Å². The number of rotatable bonds is 3. The molecule has 1 aromatic heterocycles. The first-order valence-corrected chi connectivity index (χ1v) is 9.37. The van der Waals surface area contributed by atoms with E-state index in [1.54, 1.807) is 11.3 Å². The lowest BCUT2D eigenvalue weighted by Gasteiger charge is -2.35. The first-order valence-electron chi connectivity index (χ1n) is 8.49. The SMILES string of the molecule is CC1Cc2ccccc2N1C(=O)CN1CCN(c2nccs2)CC1. The van der Waals surface area contributed by atoms with Gasteiger partial charge in [0.1, 0.15) is 0 Å². The van der Waals surface area contributed by atoms with Crippen molar-refractivity contribution in [2.75, 3.05) is 42.5 Å². The van der Waals surface area contributed by atoms with Crippen LogP contribution in [0.1, 0.15) is 12.5 Å². The number of amides is 1. The fourth-order valence-electron chi connectivity index (χ4n) is 3.68. The largest absolute Gasteiger partial charge is 0.346 e. The van der Waals surface area contributed by atoms with Gasteiger partial charge in [-0.1, -0.05) is 18.2 Å². The number of nitrogens with zero attached hydrogens (tertiary/aromatic N) is 4. The molecule has 6 heteroatoms. The number of hydrogen-bond donors (Lipinski definition) is 0. The van der Waals surface area contributed by atoms with Crippen molar-refractivity contribution in [3.63, 3.8) is 0 Å².